The minimum absolute atomic E-state index is 0.173. The van der Waals surface area contributed by atoms with E-state index in [0.29, 0.717) is 12.5 Å². The SMILES string of the molecule is CCC(CC)C(Br)CNC(=O)Cc1c(F)cccc1F. The molecule has 0 aliphatic carbocycles. The monoisotopic (exact) mass is 347 g/mol. The van der Waals surface area contributed by atoms with Crippen molar-refractivity contribution in [1.82, 2.24) is 5.32 Å². The highest BCUT2D eigenvalue weighted by Gasteiger charge is 2.17. The summed E-state index contributed by atoms with van der Waals surface area (Å²) in [7, 11) is 0. The molecule has 0 aliphatic rings. The molecule has 0 saturated carbocycles. The molecule has 1 unspecified atom stereocenters. The summed E-state index contributed by atoms with van der Waals surface area (Å²) in [5, 5.41) is 2.72. The van der Waals surface area contributed by atoms with Crippen LogP contribution >= 0.6 is 15.9 Å². The van der Waals surface area contributed by atoms with Crippen molar-refractivity contribution in [2.45, 2.75) is 37.9 Å². The predicted octanol–water partition coefficient (Wildman–Crippen LogP) is 3.82. The summed E-state index contributed by atoms with van der Waals surface area (Å²) in [6, 6.07) is 3.60. The van der Waals surface area contributed by atoms with E-state index in [4.69, 9.17) is 0 Å². The summed E-state index contributed by atoms with van der Waals surface area (Å²) < 4.78 is 26.8. The Balaban J connectivity index is 2.52. The molecule has 0 radical (unpaired) electrons. The van der Waals surface area contributed by atoms with Crippen LogP contribution in [0.2, 0.25) is 0 Å². The van der Waals surface area contributed by atoms with Gasteiger partial charge in [0.15, 0.2) is 0 Å². The van der Waals surface area contributed by atoms with Gasteiger partial charge in [0.25, 0.3) is 0 Å². The van der Waals surface area contributed by atoms with Crippen molar-refractivity contribution >= 4 is 21.8 Å². The van der Waals surface area contributed by atoms with Crippen LogP contribution in [0.3, 0.4) is 0 Å². The number of carbonyl (C=O) groups excluding carboxylic acids is 1. The second-order valence-corrected chi connectivity index (χ2v) is 5.95. The molecule has 2 nitrogen and oxygen atoms in total. The quantitative estimate of drug-likeness (QED) is 0.746. The first-order valence-corrected chi connectivity index (χ1v) is 7.74. The zero-order valence-corrected chi connectivity index (χ0v) is 13.3. The van der Waals surface area contributed by atoms with Gasteiger partial charge in [-0.3, -0.25) is 4.79 Å². The minimum Gasteiger partial charge on any atom is -0.355 e. The Kier molecular flexibility index (Phi) is 7.13. The van der Waals surface area contributed by atoms with Gasteiger partial charge in [-0.25, -0.2) is 8.78 Å². The summed E-state index contributed by atoms with van der Waals surface area (Å²) in [4.78, 5) is 11.9. The molecule has 112 valence electrons. The molecule has 0 heterocycles. The van der Waals surface area contributed by atoms with Crippen LogP contribution in [0.1, 0.15) is 32.3 Å². The highest BCUT2D eigenvalue weighted by Crippen LogP contribution is 2.19. The molecule has 20 heavy (non-hydrogen) atoms. The molecule has 1 atom stereocenters. The number of halogens is 3. The van der Waals surface area contributed by atoms with E-state index in [-0.39, 0.29) is 22.7 Å². The number of hydrogen-bond donors (Lipinski definition) is 1. The van der Waals surface area contributed by atoms with Gasteiger partial charge in [0.2, 0.25) is 5.91 Å². The van der Waals surface area contributed by atoms with Gasteiger partial charge in [-0.1, -0.05) is 48.7 Å². The third-order valence-electron chi connectivity index (χ3n) is 3.45. The van der Waals surface area contributed by atoms with E-state index in [2.05, 4.69) is 35.1 Å². The molecule has 0 saturated heterocycles. The van der Waals surface area contributed by atoms with Crippen molar-refractivity contribution in [3.8, 4) is 0 Å². The molecule has 0 aromatic heterocycles. The summed E-state index contributed by atoms with van der Waals surface area (Å²) in [6.45, 7) is 4.65. The maximum atomic E-state index is 13.4. The molecule has 0 spiro atoms. The largest absolute Gasteiger partial charge is 0.355 e. The predicted molar refractivity (Wildman–Crippen MR) is 79.9 cm³/mol. The fraction of sp³-hybridized carbons (Fsp3) is 0.533. The molecule has 5 heteroatoms. The van der Waals surface area contributed by atoms with E-state index < -0.39 is 11.6 Å². The molecular formula is C15H20BrF2NO. The first-order chi connectivity index (χ1) is 9.49. The maximum absolute atomic E-state index is 13.4. The lowest BCUT2D eigenvalue weighted by Gasteiger charge is -2.20. The third kappa shape index (κ3) is 4.85. The second kappa shape index (κ2) is 8.35. The minimum atomic E-state index is -0.685. The first kappa shape index (κ1) is 17.1. The van der Waals surface area contributed by atoms with E-state index in [0.717, 1.165) is 25.0 Å². The van der Waals surface area contributed by atoms with Crippen LogP contribution < -0.4 is 5.32 Å². The molecular weight excluding hydrogens is 328 g/mol. The molecule has 1 aromatic rings. The smallest absolute Gasteiger partial charge is 0.224 e. The maximum Gasteiger partial charge on any atom is 0.224 e. The second-order valence-electron chi connectivity index (χ2n) is 4.77. The van der Waals surface area contributed by atoms with Gasteiger partial charge in [-0.2, -0.15) is 0 Å². The molecule has 1 amide bonds. The number of nitrogens with one attached hydrogen (secondary N) is 1. The van der Waals surface area contributed by atoms with E-state index in [1.54, 1.807) is 0 Å². The fourth-order valence-electron chi connectivity index (χ4n) is 2.10. The Morgan fingerprint density at radius 1 is 1.25 bits per heavy atom. The van der Waals surface area contributed by atoms with Crippen LogP contribution in [0, 0.1) is 17.6 Å². The van der Waals surface area contributed by atoms with Crippen molar-refractivity contribution in [2.75, 3.05) is 6.54 Å². The van der Waals surface area contributed by atoms with E-state index in [9.17, 15) is 13.6 Å². The topological polar surface area (TPSA) is 29.1 Å². The lowest BCUT2D eigenvalue weighted by Crippen LogP contribution is -2.34. The van der Waals surface area contributed by atoms with Crippen molar-refractivity contribution in [2.24, 2.45) is 5.92 Å². The lowest BCUT2D eigenvalue weighted by atomic mass is 9.99. The van der Waals surface area contributed by atoms with Crippen LogP contribution in [-0.2, 0) is 11.2 Å². The van der Waals surface area contributed by atoms with Gasteiger partial charge in [-0.15, -0.1) is 0 Å². The van der Waals surface area contributed by atoms with Gasteiger partial charge in [0.05, 0.1) is 6.42 Å². The zero-order valence-electron chi connectivity index (χ0n) is 11.8. The van der Waals surface area contributed by atoms with Crippen molar-refractivity contribution < 1.29 is 13.6 Å². The van der Waals surface area contributed by atoms with Crippen molar-refractivity contribution in [1.29, 1.82) is 0 Å². The van der Waals surface area contributed by atoms with Gasteiger partial charge in [0, 0.05) is 16.9 Å². The molecule has 0 bridgehead atoms. The van der Waals surface area contributed by atoms with Crippen LogP contribution in [0.4, 0.5) is 8.78 Å². The number of hydrogen-bond acceptors (Lipinski definition) is 1. The molecule has 1 aromatic carbocycles. The summed E-state index contributed by atoms with van der Waals surface area (Å²) in [5.41, 5.74) is -0.182. The van der Waals surface area contributed by atoms with E-state index in [1.807, 2.05) is 0 Å². The van der Waals surface area contributed by atoms with E-state index >= 15 is 0 Å². The van der Waals surface area contributed by atoms with Crippen molar-refractivity contribution in [3.63, 3.8) is 0 Å². The Labute approximate surface area is 127 Å². The Hall–Kier alpha value is -0.970. The number of rotatable bonds is 7. The van der Waals surface area contributed by atoms with Gasteiger partial charge in [0.1, 0.15) is 11.6 Å². The van der Waals surface area contributed by atoms with Gasteiger partial charge < -0.3 is 5.32 Å². The Bertz CT molecular complexity index is 429. The highest BCUT2D eigenvalue weighted by atomic mass is 79.9. The lowest BCUT2D eigenvalue weighted by molar-refractivity contribution is -0.120. The highest BCUT2D eigenvalue weighted by molar-refractivity contribution is 9.09. The Morgan fingerprint density at radius 2 is 1.80 bits per heavy atom. The third-order valence-corrected chi connectivity index (χ3v) is 4.52. The van der Waals surface area contributed by atoms with Gasteiger partial charge >= 0.3 is 0 Å². The standard InChI is InChI=1S/C15H20BrF2NO/c1-3-10(4-2)12(16)9-19-15(20)8-11-13(17)6-5-7-14(11)18/h5-7,10,12H,3-4,8-9H2,1-2H3,(H,19,20). The average Bonchev–Trinajstić information content (AvgIpc) is 2.42. The van der Waals surface area contributed by atoms with Crippen LogP contribution in [0.25, 0.3) is 0 Å². The first-order valence-electron chi connectivity index (χ1n) is 6.83. The van der Waals surface area contributed by atoms with Crippen LogP contribution in [0.5, 0.6) is 0 Å². The summed E-state index contributed by atoms with van der Waals surface area (Å²) >= 11 is 3.54. The molecule has 1 N–H and O–H groups in total. The van der Waals surface area contributed by atoms with Crippen LogP contribution in [0.15, 0.2) is 18.2 Å². The molecule has 0 aliphatic heterocycles. The number of carbonyl (C=O) groups is 1. The van der Waals surface area contributed by atoms with Crippen LogP contribution in [-0.4, -0.2) is 17.3 Å². The number of amides is 1. The number of alkyl halides is 1. The zero-order chi connectivity index (χ0) is 15.1. The summed E-state index contributed by atoms with van der Waals surface area (Å²) in [5.74, 6) is -1.27. The Morgan fingerprint density at radius 3 is 2.30 bits per heavy atom. The van der Waals surface area contributed by atoms with Gasteiger partial charge in [-0.05, 0) is 18.1 Å². The van der Waals surface area contributed by atoms with Crippen molar-refractivity contribution in [3.05, 3.63) is 35.4 Å². The summed E-state index contributed by atoms with van der Waals surface area (Å²) in [6.07, 6.45) is 1.76. The normalized spacial score (nSPS) is 12.5. The molecule has 0 fully saturated rings. The average molecular weight is 348 g/mol. The van der Waals surface area contributed by atoms with E-state index in [1.165, 1.54) is 6.07 Å². The number of benzene rings is 1. The fourth-order valence-corrected chi connectivity index (χ4v) is 3.01. The molecule has 1 rings (SSSR count).